The number of benzene rings is 6. The Morgan fingerprint density at radius 1 is 0.483 bits per heavy atom. The summed E-state index contributed by atoms with van der Waals surface area (Å²) in [5.41, 5.74) is 15.3. The van der Waals surface area contributed by atoms with E-state index in [1.807, 2.05) is 12.1 Å². The van der Waals surface area contributed by atoms with E-state index in [4.69, 9.17) is 4.74 Å². The molecule has 60 heavy (non-hydrogen) atoms. The van der Waals surface area contributed by atoms with Crippen LogP contribution < -0.4 is 9.64 Å². The Balaban J connectivity index is 0.000000191. The van der Waals surface area contributed by atoms with Crippen molar-refractivity contribution in [1.29, 1.82) is 0 Å². The number of ether oxygens (including phenoxy) is 1. The quantitative estimate of drug-likeness (QED) is 0.0802. The zero-order chi connectivity index (χ0) is 41.9. The fourth-order valence-corrected chi connectivity index (χ4v) is 10.1. The van der Waals surface area contributed by atoms with E-state index in [9.17, 15) is 0 Å². The molecule has 1 aliphatic heterocycles. The van der Waals surface area contributed by atoms with Crippen LogP contribution >= 0.6 is 0 Å². The second kappa shape index (κ2) is 20.6. The molecule has 0 unspecified atom stereocenters. The van der Waals surface area contributed by atoms with Crippen LogP contribution in [0, 0.1) is 20.8 Å². The molecule has 2 nitrogen and oxygen atoms in total. The van der Waals surface area contributed by atoms with Crippen molar-refractivity contribution in [3.8, 4) is 22.6 Å². The number of rotatable bonds is 18. The minimum atomic E-state index is 0.182. The van der Waals surface area contributed by atoms with Crippen LogP contribution in [0.3, 0.4) is 0 Å². The van der Waals surface area contributed by atoms with Crippen LogP contribution in [-0.4, -0.2) is 0 Å². The van der Waals surface area contributed by atoms with E-state index in [2.05, 4.69) is 150 Å². The highest BCUT2D eigenvalue weighted by Crippen LogP contribution is 2.57. The van der Waals surface area contributed by atoms with Gasteiger partial charge in [-0.25, -0.2) is 0 Å². The van der Waals surface area contributed by atoms with Gasteiger partial charge in [0.05, 0.1) is 11.4 Å². The third-order valence-electron chi connectivity index (χ3n) is 13.3. The second-order valence-electron chi connectivity index (χ2n) is 18.0. The van der Waals surface area contributed by atoms with E-state index in [-0.39, 0.29) is 5.41 Å². The molecule has 0 fully saturated rings. The number of hydrogen-bond acceptors (Lipinski definition) is 2. The lowest BCUT2D eigenvalue weighted by Gasteiger charge is -2.33. The van der Waals surface area contributed by atoms with Crippen molar-refractivity contribution in [3.05, 3.63) is 149 Å². The fraction of sp³-hybridized carbons (Fsp3) is 0.414. The highest BCUT2D eigenvalue weighted by Gasteiger charge is 2.43. The second-order valence-corrected chi connectivity index (χ2v) is 18.0. The Hall–Kier alpha value is -4.82. The van der Waals surface area contributed by atoms with Crippen LogP contribution in [0.25, 0.3) is 21.9 Å². The molecule has 8 rings (SSSR count). The summed E-state index contributed by atoms with van der Waals surface area (Å²) in [6.45, 7) is 13.6. The standard InChI is InChI=1S/C35H48.C23H23NO/c1-5-7-9-11-13-17-23-35(24-18-14-12-10-8-6-2)32-25-27(3)21-22-31(32)34-30-20-16-15-19-29(30)28(4)26-33(34)35;1-3-4-7-18-11-13-19(14-12-18)24-20-8-5-6-9-22(20)25-23-16-17(2)10-15-21(23)24/h15-16,19-22,25-26H,5-14,17-18,23-24H2,1-4H3;5-6,8-16H,3-4,7H2,1-2H3. The van der Waals surface area contributed by atoms with Gasteiger partial charge in [0.15, 0.2) is 11.5 Å². The average Bonchev–Trinajstić information content (AvgIpc) is 3.53. The van der Waals surface area contributed by atoms with Crippen molar-refractivity contribution in [2.24, 2.45) is 0 Å². The molecule has 0 saturated carbocycles. The van der Waals surface area contributed by atoms with Crippen molar-refractivity contribution >= 4 is 27.8 Å². The number of hydrogen-bond donors (Lipinski definition) is 0. The van der Waals surface area contributed by atoms with Crippen LogP contribution in [-0.2, 0) is 11.8 Å². The first-order valence-corrected chi connectivity index (χ1v) is 23.8. The lowest BCUT2D eigenvalue weighted by Crippen LogP contribution is -2.26. The summed E-state index contributed by atoms with van der Waals surface area (Å²) in [5.74, 6) is 1.81. The molecular formula is C58H71NO. The molecule has 0 amide bonds. The van der Waals surface area contributed by atoms with Crippen molar-refractivity contribution in [1.82, 2.24) is 0 Å². The van der Waals surface area contributed by atoms with Gasteiger partial charge in [-0.1, -0.05) is 189 Å². The van der Waals surface area contributed by atoms with Gasteiger partial charge in [0.25, 0.3) is 0 Å². The third kappa shape index (κ3) is 9.54. The van der Waals surface area contributed by atoms with Crippen molar-refractivity contribution in [2.75, 3.05) is 4.90 Å². The first-order valence-electron chi connectivity index (χ1n) is 23.8. The molecule has 1 aliphatic carbocycles. The van der Waals surface area contributed by atoms with Gasteiger partial charge in [0.1, 0.15) is 0 Å². The molecule has 0 N–H and O–H groups in total. The molecule has 0 saturated heterocycles. The highest BCUT2D eigenvalue weighted by atomic mass is 16.5. The maximum Gasteiger partial charge on any atom is 0.151 e. The van der Waals surface area contributed by atoms with Gasteiger partial charge in [-0.2, -0.15) is 0 Å². The zero-order valence-corrected chi connectivity index (χ0v) is 37.8. The molecule has 0 atom stereocenters. The summed E-state index contributed by atoms with van der Waals surface area (Å²) in [6.07, 6.45) is 22.7. The summed E-state index contributed by atoms with van der Waals surface area (Å²) < 4.78 is 6.15. The first kappa shape index (κ1) is 43.3. The molecule has 0 spiro atoms. The molecule has 0 bridgehead atoms. The van der Waals surface area contributed by atoms with E-state index < -0.39 is 0 Å². The van der Waals surface area contributed by atoms with Gasteiger partial charge < -0.3 is 9.64 Å². The van der Waals surface area contributed by atoms with Crippen LogP contribution in [0.2, 0.25) is 0 Å². The van der Waals surface area contributed by atoms with Gasteiger partial charge in [-0.05, 0) is 133 Å². The molecule has 0 radical (unpaired) electrons. The monoisotopic (exact) mass is 798 g/mol. The number of unbranched alkanes of at least 4 members (excludes halogenated alkanes) is 11. The largest absolute Gasteiger partial charge is 0.453 e. The van der Waals surface area contributed by atoms with Crippen molar-refractivity contribution in [3.63, 3.8) is 0 Å². The minimum absolute atomic E-state index is 0.182. The van der Waals surface area contributed by atoms with Crippen molar-refractivity contribution in [2.45, 2.75) is 156 Å². The molecule has 2 heteroatoms. The predicted molar refractivity (Wildman–Crippen MR) is 260 cm³/mol. The first-order chi connectivity index (χ1) is 29.4. The normalized spacial score (nSPS) is 13.2. The van der Waals surface area contributed by atoms with E-state index in [0.717, 1.165) is 29.3 Å². The third-order valence-corrected chi connectivity index (χ3v) is 13.3. The lowest BCUT2D eigenvalue weighted by atomic mass is 9.70. The maximum atomic E-state index is 6.15. The predicted octanol–water partition coefficient (Wildman–Crippen LogP) is 18.1. The topological polar surface area (TPSA) is 12.5 Å². The molecule has 314 valence electrons. The van der Waals surface area contributed by atoms with E-state index in [1.54, 1.807) is 11.1 Å². The summed E-state index contributed by atoms with van der Waals surface area (Å²) >= 11 is 0. The summed E-state index contributed by atoms with van der Waals surface area (Å²) in [4.78, 5) is 2.29. The Labute approximate surface area is 363 Å². The summed E-state index contributed by atoms with van der Waals surface area (Å²) in [5, 5.41) is 2.88. The number of anilines is 3. The van der Waals surface area contributed by atoms with Crippen molar-refractivity contribution < 1.29 is 4.74 Å². The molecule has 6 aromatic rings. The smallest absolute Gasteiger partial charge is 0.151 e. The number of nitrogens with zero attached hydrogens (tertiary/aromatic N) is 1. The molecule has 2 aliphatic rings. The SMILES string of the molecule is CCCCCCCCC1(CCCCCCCC)c2cc(C)ccc2-c2c1cc(C)c1ccccc21.CCCCc1ccc(N2c3ccccc3Oc3cc(C)ccc32)cc1. The Morgan fingerprint density at radius 3 is 1.77 bits per heavy atom. The van der Waals surface area contributed by atoms with E-state index >= 15 is 0 Å². The Kier molecular flexibility index (Phi) is 14.9. The number of aryl methyl sites for hydroxylation is 4. The van der Waals surface area contributed by atoms with Crippen LogP contribution in [0.4, 0.5) is 17.1 Å². The van der Waals surface area contributed by atoms with E-state index in [0.29, 0.717) is 0 Å². The summed E-state index contributed by atoms with van der Waals surface area (Å²) in [6, 6.07) is 42.6. The maximum absolute atomic E-state index is 6.15. The number of para-hydroxylation sites is 2. The van der Waals surface area contributed by atoms with Gasteiger partial charge in [-0.15, -0.1) is 0 Å². The van der Waals surface area contributed by atoms with E-state index in [1.165, 1.54) is 153 Å². The molecule has 6 aromatic carbocycles. The Morgan fingerprint density at radius 2 is 1.07 bits per heavy atom. The van der Waals surface area contributed by atoms with Crippen LogP contribution in [0.1, 0.15) is 157 Å². The van der Waals surface area contributed by atoms with Crippen LogP contribution in [0.15, 0.2) is 115 Å². The van der Waals surface area contributed by atoms with Gasteiger partial charge >= 0.3 is 0 Å². The Bertz CT molecular complexity index is 2300. The van der Waals surface area contributed by atoms with Gasteiger partial charge in [-0.3, -0.25) is 0 Å². The highest BCUT2D eigenvalue weighted by molar-refractivity contribution is 6.04. The zero-order valence-electron chi connectivity index (χ0n) is 37.8. The van der Waals surface area contributed by atoms with Gasteiger partial charge in [0, 0.05) is 11.1 Å². The molecule has 0 aromatic heterocycles. The average molecular weight is 798 g/mol. The number of fused-ring (bicyclic) bond motifs is 7. The molecule has 1 heterocycles. The molecular weight excluding hydrogens is 727 g/mol. The summed E-state index contributed by atoms with van der Waals surface area (Å²) in [7, 11) is 0. The lowest BCUT2D eigenvalue weighted by molar-refractivity contribution is 0.397. The van der Waals surface area contributed by atoms with Crippen LogP contribution in [0.5, 0.6) is 11.5 Å². The van der Waals surface area contributed by atoms with Gasteiger partial charge in [0.2, 0.25) is 0 Å². The fourth-order valence-electron chi connectivity index (χ4n) is 10.1. The minimum Gasteiger partial charge on any atom is -0.453 e.